The van der Waals surface area contributed by atoms with Crippen molar-refractivity contribution in [1.82, 2.24) is 5.32 Å². The van der Waals surface area contributed by atoms with E-state index in [-0.39, 0.29) is 6.54 Å². The SMILES string of the molecule is CCNC(c1c(C)c(C)c(C)c(C)c1C)C(F)(F)F. The van der Waals surface area contributed by atoms with Gasteiger partial charge in [-0.15, -0.1) is 0 Å². The molecule has 0 aliphatic rings. The predicted octanol–water partition coefficient (Wildman–Crippen LogP) is 4.44. The second kappa shape index (κ2) is 5.53. The summed E-state index contributed by atoms with van der Waals surface area (Å²) >= 11 is 0. The van der Waals surface area contributed by atoms with Gasteiger partial charge in [-0.05, 0) is 74.5 Å². The molecule has 1 aromatic rings. The van der Waals surface area contributed by atoms with Crippen LogP contribution in [0.2, 0.25) is 0 Å². The second-order valence-electron chi connectivity index (χ2n) is 5.07. The normalized spacial score (nSPS) is 13.7. The topological polar surface area (TPSA) is 12.0 Å². The van der Waals surface area contributed by atoms with Gasteiger partial charge in [0.25, 0.3) is 0 Å². The van der Waals surface area contributed by atoms with E-state index in [1.165, 1.54) is 0 Å². The van der Waals surface area contributed by atoms with Crippen LogP contribution in [0.5, 0.6) is 0 Å². The van der Waals surface area contributed by atoms with Gasteiger partial charge in [0.1, 0.15) is 6.04 Å². The summed E-state index contributed by atoms with van der Waals surface area (Å²) in [6.07, 6.45) is -4.28. The van der Waals surface area contributed by atoms with Gasteiger partial charge in [-0.3, -0.25) is 0 Å². The molecule has 1 aromatic carbocycles. The molecule has 108 valence electrons. The van der Waals surface area contributed by atoms with Gasteiger partial charge in [0.15, 0.2) is 0 Å². The Balaban J connectivity index is 3.56. The molecule has 0 bridgehead atoms. The fourth-order valence-corrected chi connectivity index (χ4v) is 2.55. The van der Waals surface area contributed by atoms with Crippen LogP contribution < -0.4 is 5.32 Å². The highest BCUT2D eigenvalue weighted by molar-refractivity contribution is 5.51. The van der Waals surface area contributed by atoms with Gasteiger partial charge in [-0.25, -0.2) is 0 Å². The van der Waals surface area contributed by atoms with E-state index in [0.29, 0.717) is 5.56 Å². The van der Waals surface area contributed by atoms with Crippen molar-refractivity contribution < 1.29 is 13.2 Å². The van der Waals surface area contributed by atoms with E-state index in [1.54, 1.807) is 20.8 Å². The number of nitrogens with one attached hydrogen (secondary N) is 1. The summed E-state index contributed by atoms with van der Waals surface area (Å²) in [6.45, 7) is 11.3. The Morgan fingerprint density at radius 3 is 1.53 bits per heavy atom. The van der Waals surface area contributed by atoms with Crippen LogP contribution in [-0.2, 0) is 0 Å². The van der Waals surface area contributed by atoms with Crippen LogP contribution in [0.3, 0.4) is 0 Å². The molecule has 0 aliphatic heterocycles. The van der Waals surface area contributed by atoms with Crippen molar-refractivity contribution in [2.45, 2.75) is 53.8 Å². The predicted molar refractivity (Wildman–Crippen MR) is 72.6 cm³/mol. The summed E-state index contributed by atoms with van der Waals surface area (Å²) in [4.78, 5) is 0. The lowest BCUT2D eigenvalue weighted by atomic mass is 9.86. The Morgan fingerprint density at radius 1 is 0.842 bits per heavy atom. The van der Waals surface area contributed by atoms with Gasteiger partial charge in [0.05, 0.1) is 0 Å². The maximum absolute atomic E-state index is 13.3. The van der Waals surface area contributed by atoms with Crippen LogP contribution in [0.4, 0.5) is 13.2 Å². The Hall–Kier alpha value is -1.03. The summed E-state index contributed by atoms with van der Waals surface area (Å²) in [7, 11) is 0. The molecule has 1 rings (SSSR count). The lowest BCUT2D eigenvalue weighted by Gasteiger charge is -2.28. The first-order chi connectivity index (χ1) is 8.62. The maximum Gasteiger partial charge on any atom is 0.407 e. The van der Waals surface area contributed by atoms with Crippen molar-refractivity contribution in [3.05, 3.63) is 33.4 Å². The van der Waals surface area contributed by atoms with Gasteiger partial charge in [-0.1, -0.05) is 6.92 Å². The largest absolute Gasteiger partial charge is 0.407 e. The monoisotopic (exact) mass is 273 g/mol. The van der Waals surface area contributed by atoms with E-state index in [2.05, 4.69) is 5.32 Å². The van der Waals surface area contributed by atoms with Crippen molar-refractivity contribution in [1.29, 1.82) is 0 Å². The van der Waals surface area contributed by atoms with Gasteiger partial charge in [0.2, 0.25) is 0 Å². The third kappa shape index (κ3) is 2.94. The number of benzene rings is 1. The highest BCUT2D eigenvalue weighted by Crippen LogP contribution is 2.38. The van der Waals surface area contributed by atoms with Gasteiger partial charge in [0, 0.05) is 0 Å². The second-order valence-corrected chi connectivity index (χ2v) is 5.07. The molecule has 0 aromatic heterocycles. The van der Waals surface area contributed by atoms with Crippen molar-refractivity contribution in [3.63, 3.8) is 0 Å². The number of rotatable bonds is 3. The molecule has 1 N–H and O–H groups in total. The summed E-state index contributed by atoms with van der Waals surface area (Å²) in [5.41, 5.74) is 4.84. The standard InChI is InChI=1S/C15H22F3N/c1-7-19-14(15(16,17)18)13-11(5)9(3)8(2)10(4)12(13)6/h14,19H,7H2,1-6H3. The van der Waals surface area contributed by atoms with Gasteiger partial charge in [-0.2, -0.15) is 13.2 Å². The first-order valence-electron chi connectivity index (χ1n) is 6.49. The van der Waals surface area contributed by atoms with E-state index >= 15 is 0 Å². The fraction of sp³-hybridized carbons (Fsp3) is 0.600. The van der Waals surface area contributed by atoms with Gasteiger partial charge >= 0.3 is 6.18 Å². The molecule has 0 spiro atoms. The van der Waals surface area contributed by atoms with E-state index in [9.17, 15) is 13.2 Å². The highest BCUT2D eigenvalue weighted by atomic mass is 19.4. The minimum absolute atomic E-state index is 0.287. The first kappa shape index (κ1) is 16.0. The molecule has 0 radical (unpaired) electrons. The maximum atomic E-state index is 13.3. The van der Waals surface area contributed by atoms with Gasteiger partial charge < -0.3 is 5.32 Å². The molecule has 0 heterocycles. The minimum Gasteiger partial charge on any atom is -0.303 e. The first-order valence-corrected chi connectivity index (χ1v) is 6.49. The molecule has 0 saturated heterocycles. The molecular weight excluding hydrogens is 251 g/mol. The van der Waals surface area contributed by atoms with Crippen molar-refractivity contribution in [3.8, 4) is 0 Å². The molecular formula is C15H22F3N. The Labute approximate surface area is 113 Å². The third-order valence-electron chi connectivity index (χ3n) is 4.08. The summed E-state index contributed by atoms with van der Waals surface area (Å²) < 4.78 is 39.8. The highest BCUT2D eigenvalue weighted by Gasteiger charge is 2.42. The number of halogens is 3. The smallest absolute Gasteiger partial charge is 0.303 e. The van der Waals surface area contributed by atoms with Crippen molar-refractivity contribution in [2.75, 3.05) is 6.54 Å². The number of hydrogen-bond acceptors (Lipinski definition) is 1. The zero-order valence-corrected chi connectivity index (χ0v) is 12.4. The summed E-state index contributed by atoms with van der Waals surface area (Å²) in [5.74, 6) is 0. The Kier molecular flexibility index (Phi) is 4.67. The van der Waals surface area contributed by atoms with Crippen molar-refractivity contribution in [2.24, 2.45) is 0 Å². The Bertz CT molecular complexity index is 446. The fourth-order valence-electron chi connectivity index (χ4n) is 2.55. The van der Waals surface area contributed by atoms with Crippen LogP contribution in [0.25, 0.3) is 0 Å². The third-order valence-corrected chi connectivity index (χ3v) is 4.08. The molecule has 0 amide bonds. The summed E-state index contributed by atoms with van der Waals surface area (Å²) in [6, 6.07) is -1.59. The number of hydrogen-bond donors (Lipinski definition) is 1. The zero-order chi connectivity index (χ0) is 15.0. The van der Waals surface area contributed by atoms with Crippen LogP contribution in [0, 0.1) is 34.6 Å². The average Bonchev–Trinajstić information content (AvgIpc) is 2.32. The lowest BCUT2D eigenvalue weighted by Crippen LogP contribution is -2.35. The van der Waals surface area contributed by atoms with Crippen LogP contribution >= 0.6 is 0 Å². The van der Waals surface area contributed by atoms with Crippen LogP contribution in [0.15, 0.2) is 0 Å². The quantitative estimate of drug-likeness (QED) is 0.858. The van der Waals surface area contributed by atoms with Crippen molar-refractivity contribution >= 4 is 0 Å². The van der Waals surface area contributed by atoms with Crippen LogP contribution in [0.1, 0.15) is 46.3 Å². The molecule has 0 aliphatic carbocycles. The Morgan fingerprint density at radius 2 is 1.21 bits per heavy atom. The lowest BCUT2D eigenvalue weighted by molar-refractivity contribution is -0.157. The van der Waals surface area contributed by atoms with E-state index in [0.717, 1.165) is 27.8 Å². The van der Waals surface area contributed by atoms with E-state index in [4.69, 9.17) is 0 Å². The average molecular weight is 273 g/mol. The molecule has 1 nitrogen and oxygen atoms in total. The molecule has 0 saturated carbocycles. The zero-order valence-electron chi connectivity index (χ0n) is 12.4. The van der Waals surface area contributed by atoms with Crippen LogP contribution in [-0.4, -0.2) is 12.7 Å². The summed E-state index contributed by atoms with van der Waals surface area (Å²) in [5, 5.41) is 2.57. The van der Waals surface area contributed by atoms with E-state index < -0.39 is 12.2 Å². The molecule has 0 fully saturated rings. The molecule has 1 unspecified atom stereocenters. The molecule has 1 atom stereocenters. The van der Waals surface area contributed by atoms with E-state index in [1.807, 2.05) is 20.8 Å². The minimum atomic E-state index is -4.28. The molecule has 4 heteroatoms. The number of alkyl halides is 3. The molecule has 19 heavy (non-hydrogen) atoms.